The maximum atomic E-state index is 6.38. The SMILES string of the molecule is c1ccc2cc(-c3ccc4c(c3)c3c5ccccc5ccc3n4-c3nc(-c4ccc5oc6cc7ccccc7cc6c5c4)c4ccccc4n3)ccc2c1. The van der Waals surface area contributed by atoms with Crippen LogP contribution in [0.2, 0.25) is 0 Å². The Morgan fingerprint density at radius 2 is 0.981 bits per heavy atom. The van der Waals surface area contributed by atoms with Crippen LogP contribution in [0.5, 0.6) is 0 Å². The molecule has 54 heavy (non-hydrogen) atoms. The average Bonchev–Trinajstić information content (AvgIpc) is 3.76. The molecule has 0 saturated carbocycles. The maximum absolute atomic E-state index is 6.38. The highest BCUT2D eigenvalue weighted by atomic mass is 16.3. The standard InChI is InChI=1S/C50H29N3O/c1-2-11-32-25-35(18-17-30(32)9-1)36-20-22-44-42(27-36)48-38-14-6-5-10-31(38)19-23-45(48)53(44)50-51-43-16-8-7-15-39(43)49(52-50)37-21-24-46-40(28-37)41-26-33-12-3-4-13-34(33)29-47(41)54-46/h1-29H. The van der Waals surface area contributed by atoms with Gasteiger partial charge in [0.15, 0.2) is 0 Å². The van der Waals surface area contributed by atoms with E-state index in [4.69, 9.17) is 14.4 Å². The summed E-state index contributed by atoms with van der Waals surface area (Å²) in [6, 6.07) is 62.7. The first-order valence-corrected chi connectivity index (χ1v) is 18.3. The molecule has 0 fully saturated rings. The van der Waals surface area contributed by atoms with Crippen LogP contribution in [0.4, 0.5) is 0 Å². The van der Waals surface area contributed by atoms with Crippen LogP contribution < -0.4 is 0 Å². The molecule has 0 radical (unpaired) electrons. The Morgan fingerprint density at radius 3 is 1.85 bits per heavy atom. The lowest BCUT2D eigenvalue weighted by atomic mass is 9.98. The first-order valence-electron chi connectivity index (χ1n) is 18.3. The van der Waals surface area contributed by atoms with E-state index in [1.807, 2.05) is 0 Å². The van der Waals surface area contributed by atoms with Crippen molar-refractivity contribution in [3.63, 3.8) is 0 Å². The molecule has 3 aromatic heterocycles. The van der Waals surface area contributed by atoms with Crippen molar-refractivity contribution in [3.05, 3.63) is 176 Å². The highest BCUT2D eigenvalue weighted by Crippen LogP contribution is 2.40. The largest absolute Gasteiger partial charge is 0.456 e. The number of hydrogen-bond donors (Lipinski definition) is 0. The van der Waals surface area contributed by atoms with Gasteiger partial charge in [-0.1, -0.05) is 115 Å². The van der Waals surface area contributed by atoms with Gasteiger partial charge in [-0.2, -0.15) is 0 Å². The quantitative estimate of drug-likeness (QED) is 0.186. The smallest absolute Gasteiger partial charge is 0.235 e. The van der Waals surface area contributed by atoms with E-state index in [0.717, 1.165) is 55.1 Å². The molecule has 0 bridgehead atoms. The average molecular weight is 688 g/mol. The molecule has 0 unspecified atom stereocenters. The third-order valence-corrected chi connectivity index (χ3v) is 11.1. The Hall–Kier alpha value is -7.30. The van der Waals surface area contributed by atoms with Crippen LogP contribution in [0.25, 0.3) is 115 Å². The highest BCUT2D eigenvalue weighted by Gasteiger charge is 2.20. The number of para-hydroxylation sites is 1. The lowest BCUT2D eigenvalue weighted by Gasteiger charge is -2.12. The monoisotopic (exact) mass is 687 g/mol. The molecule has 12 rings (SSSR count). The van der Waals surface area contributed by atoms with Gasteiger partial charge in [0.05, 0.1) is 22.2 Å². The zero-order valence-electron chi connectivity index (χ0n) is 29.0. The number of furan rings is 1. The van der Waals surface area contributed by atoms with Gasteiger partial charge < -0.3 is 4.42 Å². The second kappa shape index (κ2) is 11.1. The van der Waals surface area contributed by atoms with Gasteiger partial charge in [-0.3, -0.25) is 4.57 Å². The van der Waals surface area contributed by atoms with E-state index in [0.29, 0.717) is 5.95 Å². The Morgan fingerprint density at radius 1 is 0.370 bits per heavy atom. The van der Waals surface area contributed by atoms with Crippen molar-refractivity contribution in [2.24, 2.45) is 0 Å². The topological polar surface area (TPSA) is 43.9 Å². The van der Waals surface area contributed by atoms with Gasteiger partial charge >= 0.3 is 0 Å². The van der Waals surface area contributed by atoms with Crippen LogP contribution in [0.15, 0.2) is 180 Å². The molecule has 0 spiro atoms. The highest BCUT2D eigenvalue weighted by molar-refractivity contribution is 6.22. The third kappa shape index (κ3) is 4.31. The van der Waals surface area contributed by atoms with E-state index >= 15 is 0 Å². The lowest BCUT2D eigenvalue weighted by Crippen LogP contribution is -2.03. The molecule has 0 aliphatic carbocycles. The van der Waals surface area contributed by atoms with E-state index in [-0.39, 0.29) is 0 Å². The number of nitrogens with zero attached hydrogens (tertiary/aromatic N) is 3. The molecule has 12 aromatic rings. The predicted molar refractivity (Wildman–Crippen MR) is 225 cm³/mol. The Labute approximate surface area is 309 Å². The molecule has 0 saturated heterocycles. The fraction of sp³-hybridized carbons (Fsp3) is 0. The molecular weight excluding hydrogens is 659 g/mol. The molecule has 0 amide bonds. The first-order chi connectivity index (χ1) is 26.7. The van der Waals surface area contributed by atoms with Crippen molar-refractivity contribution in [2.45, 2.75) is 0 Å². The normalized spacial score (nSPS) is 12.1. The van der Waals surface area contributed by atoms with Gasteiger partial charge in [-0.05, 0) is 104 Å². The zero-order chi connectivity index (χ0) is 35.3. The number of hydrogen-bond acceptors (Lipinski definition) is 3. The van der Waals surface area contributed by atoms with Gasteiger partial charge in [0.25, 0.3) is 0 Å². The minimum Gasteiger partial charge on any atom is -0.456 e. The second-order valence-electron chi connectivity index (χ2n) is 14.2. The fourth-order valence-corrected chi connectivity index (χ4v) is 8.55. The Bertz CT molecular complexity index is 3520. The number of fused-ring (bicyclic) bond motifs is 11. The molecule has 4 nitrogen and oxygen atoms in total. The van der Waals surface area contributed by atoms with Crippen LogP contribution in [0.1, 0.15) is 0 Å². The van der Waals surface area contributed by atoms with E-state index in [2.05, 4.69) is 180 Å². The fourth-order valence-electron chi connectivity index (χ4n) is 8.55. The van der Waals surface area contributed by atoms with E-state index in [1.54, 1.807) is 0 Å². The van der Waals surface area contributed by atoms with Crippen LogP contribution >= 0.6 is 0 Å². The van der Waals surface area contributed by atoms with E-state index in [9.17, 15) is 0 Å². The molecule has 250 valence electrons. The van der Waals surface area contributed by atoms with Crippen LogP contribution in [-0.4, -0.2) is 14.5 Å². The molecule has 0 atom stereocenters. The van der Waals surface area contributed by atoms with E-state index < -0.39 is 0 Å². The van der Waals surface area contributed by atoms with Gasteiger partial charge in [0.1, 0.15) is 11.2 Å². The summed E-state index contributed by atoms with van der Waals surface area (Å²) < 4.78 is 8.62. The van der Waals surface area contributed by atoms with Crippen molar-refractivity contribution in [3.8, 4) is 28.3 Å². The maximum Gasteiger partial charge on any atom is 0.235 e. The van der Waals surface area contributed by atoms with Crippen molar-refractivity contribution < 1.29 is 4.42 Å². The first kappa shape index (κ1) is 29.3. The molecular formula is C50H29N3O. The van der Waals surface area contributed by atoms with Gasteiger partial charge in [0, 0.05) is 32.5 Å². The summed E-state index contributed by atoms with van der Waals surface area (Å²) in [6.45, 7) is 0. The molecule has 4 heteroatoms. The van der Waals surface area contributed by atoms with Gasteiger partial charge in [-0.15, -0.1) is 0 Å². The predicted octanol–water partition coefficient (Wildman–Crippen LogP) is 13.4. The van der Waals surface area contributed by atoms with Crippen molar-refractivity contribution in [2.75, 3.05) is 0 Å². The third-order valence-electron chi connectivity index (χ3n) is 11.1. The summed E-state index contributed by atoms with van der Waals surface area (Å²) in [5.74, 6) is 0.639. The molecule has 9 aromatic carbocycles. The van der Waals surface area contributed by atoms with Crippen molar-refractivity contribution in [1.29, 1.82) is 0 Å². The summed E-state index contributed by atoms with van der Waals surface area (Å²) >= 11 is 0. The summed E-state index contributed by atoms with van der Waals surface area (Å²) in [5.41, 5.74) is 9.04. The minimum absolute atomic E-state index is 0.639. The van der Waals surface area contributed by atoms with E-state index in [1.165, 1.54) is 54.2 Å². The van der Waals surface area contributed by atoms with Crippen LogP contribution in [0.3, 0.4) is 0 Å². The van der Waals surface area contributed by atoms with Crippen LogP contribution in [-0.2, 0) is 0 Å². The minimum atomic E-state index is 0.639. The molecule has 0 aliphatic heterocycles. The number of aromatic nitrogens is 3. The number of benzene rings is 9. The number of rotatable bonds is 3. The summed E-state index contributed by atoms with van der Waals surface area (Å²) in [5, 5.41) is 12.8. The van der Waals surface area contributed by atoms with Crippen molar-refractivity contribution >= 4 is 87.0 Å². The van der Waals surface area contributed by atoms with Gasteiger partial charge in [0.2, 0.25) is 5.95 Å². The Kier molecular flexibility index (Phi) is 6.02. The second-order valence-corrected chi connectivity index (χ2v) is 14.2. The Balaban J connectivity index is 1.12. The van der Waals surface area contributed by atoms with Crippen molar-refractivity contribution in [1.82, 2.24) is 14.5 Å². The lowest BCUT2D eigenvalue weighted by molar-refractivity contribution is 0.669. The summed E-state index contributed by atoms with van der Waals surface area (Å²) in [7, 11) is 0. The summed E-state index contributed by atoms with van der Waals surface area (Å²) in [4.78, 5) is 10.7. The molecule has 3 heterocycles. The molecule has 0 aliphatic rings. The summed E-state index contributed by atoms with van der Waals surface area (Å²) in [6.07, 6.45) is 0. The van der Waals surface area contributed by atoms with Crippen LogP contribution in [0, 0.1) is 0 Å². The molecule has 0 N–H and O–H groups in total. The van der Waals surface area contributed by atoms with Gasteiger partial charge in [-0.25, -0.2) is 9.97 Å². The zero-order valence-corrected chi connectivity index (χ0v) is 29.0.